The largest absolute Gasteiger partial charge is 0.203 e. The molecule has 0 nitrogen and oxygen atoms in total. The van der Waals surface area contributed by atoms with Crippen LogP contribution in [0.1, 0.15) is 102 Å². The van der Waals surface area contributed by atoms with Crippen molar-refractivity contribution in [2.45, 2.75) is 104 Å². The maximum atomic E-state index is 14.9. The average Bonchev–Trinajstić information content (AvgIpc) is 2.82. The first-order valence-electron chi connectivity index (χ1n) is 13.2. The van der Waals surface area contributed by atoms with Crippen molar-refractivity contribution in [3.63, 3.8) is 0 Å². The van der Waals surface area contributed by atoms with Crippen molar-refractivity contribution >= 4 is 0 Å². The lowest BCUT2D eigenvalue weighted by Gasteiger charge is -2.28. The summed E-state index contributed by atoms with van der Waals surface area (Å²) in [7, 11) is 0. The van der Waals surface area contributed by atoms with E-state index in [0.717, 1.165) is 24.3 Å². The van der Waals surface area contributed by atoms with Gasteiger partial charge in [-0.1, -0.05) is 114 Å². The second kappa shape index (κ2) is 13.1. The predicted octanol–water partition coefficient (Wildman–Crippen LogP) is 9.68. The number of unbranched alkanes of at least 4 members (excludes halogenated alkanes) is 4. The maximum Gasteiger partial charge on any atom is 0.166 e. The van der Waals surface area contributed by atoms with Crippen LogP contribution in [0.3, 0.4) is 0 Å². The van der Waals surface area contributed by atoms with E-state index in [-0.39, 0.29) is 0 Å². The van der Waals surface area contributed by atoms with Gasteiger partial charge >= 0.3 is 0 Å². The van der Waals surface area contributed by atoms with Gasteiger partial charge in [0, 0.05) is 5.56 Å². The SMILES string of the molecule is CCCCCc1ccc(-c2ccc(CCC3CCC(CCCCC)CC3)c(F)c2F)cc1. The van der Waals surface area contributed by atoms with E-state index in [9.17, 15) is 8.78 Å². The molecular weight excluding hydrogens is 398 g/mol. The molecule has 2 aromatic carbocycles. The molecule has 0 amide bonds. The number of benzene rings is 2. The summed E-state index contributed by atoms with van der Waals surface area (Å²) in [5, 5.41) is 0. The Morgan fingerprint density at radius 3 is 1.94 bits per heavy atom. The van der Waals surface area contributed by atoms with E-state index in [1.807, 2.05) is 12.1 Å². The molecule has 0 heterocycles. The molecule has 0 atom stereocenters. The molecule has 32 heavy (non-hydrogen) atoms. The molecule has 0 saturated heterocycles. The van der Waals surface area contributed by atoms with E-state index in [2.05, 4.69) is 26.0 Å². The summed E-state index contributed by atoms with van der Waals surface area (Å²) in [6.07, 6.45) is 16.8. The molecule has 1 aliphatic rings. The third-order valence-corrected chi connectivity index (χ3v) is 7.50. The van der Waals surface area contributed by atoms with Crippen LogP contribution in [0.25, 0.3) is 11.1 Å². The number of hydrogen-bond donors (Lipinski definition) is 0. The Morgan fingerprint density at radius 2 is 1.28 bits per heavy atom. The standard InChI is InChI=1S/C30H42F2/c1-3-5-7-9-23-11-13-25(14-12-23)17-20-27-21-22-28(30(32)29(27)31)26-18-15-24(16-19-26)10-8-6-4-2/h15-16,18-19,21-23,25H,3-14,17,20H2,1-2H3. The summed E-state index contributed by atoms with van der Waals surface area (Å²) in [5.41, 5.74) is 2.93. The van der Waals surface area contributed by atoms with Crippen LogP contribution in [0.5, 0.6) is 0 Å². The molecule has 0 N–H and O–H groups in total. The van der Waals surface area contributed by atoms with E-state index >= 15 is 0 Å². The van der Waals surface area contributed by atoms with Gasteiger partial charge in [0.2, 0.25) is 0 Å². The fraction of sp³-hybridized carbons (Fsp3) is 0.600. The first-order chi connectivity index (χ1) is 15.6. The van der Waals surface area contributed by atoms with E-state index < -0.39 is 11.6 Å². The van der Waals surface area contributed by atoms with Crippen LogP contribution in [0, 0.1) is 23.5 Å². The van der Waals surface area contributed by atoms with E-state index in [1.165, 1.54) is 76.2 Å². The lowest BCUT2D eigenvalue weighted by Crippen LogP contribution is -2.15. The number of halogens is 2. The Labute approximate surface area is 194 Å². The van der Waals surface area contributed by atoms with Crippen molar-refractivity contribution in [2.24, 2.45) is 11.8 Å². The Hall–Kier alpha value is -1.70. The van der Waals surface area contributed by atoms with Crippen LogP contribution in [0.15, 0.2) is 36.4 Å². The van der Waals surface area contributed by atoms with Gasteiger partial charge in [0.1, 0.15) is 0 Å². The van der Waals surface area contributed by atoms with Gasteiger partial charge in [0.25, 0.3) is 0 Å². The summed E-state index contributed by atoms with van der Waals surface area (Å²) in [4.78, 5) is 0. The molecule has 1 aliphatic carbocycles. The lowest BCUT2D eigenvalue weighted by molar-refractivity contribution is 0.248. The monoisotopic (exact) mass is 440 g/mol. The topological polar surface area (TPSA) is 0 Å². The summed E-state index contributed by atoms with van der Waals surface area (Å²) in [6, 6.07) is 11.5. The van der Waals surface area contributed by atoms with Gasteiger partial charge in [-0.15, -0.1) is 0 Å². The Morgan fingerprint density at radius 1 is 0.656 bits per heavy atom. The molecule has 3 rings (SSSR count). The fourth-order valence-corrected chi connectivity index (χ4v) is 5.29. The zero-order chi connectivity index (χ0) is 22.8. The van der Waals surface area contributed by atoms with Gasteiger partial charge in [0.05, 0.1) is 0 Å². The molecule has 1 saturated carbocycles. The summed E-state index contributed by atoms with van der Waals surface area (Å²) < 4.78 is 29.7. The van der Waals surface area contributed by atoms with Gasteiger partial charge in [-0.25, -0.2) is 8.78 Å². The molecule has 176 valence electrons. The minimum absolute atomic E-state index is 0.374. The molecular formula is C30H42F2. The Balaban J connectivity index is 1.52. The van der Waals surface area contributed by atoms with Crippen molar-refractivity contribution in [1.29, 1.82) is 0 Å². The van der Waals surface area contributed by atoms with Crippen LogP contribution in [0.2, 0.25) is 0 Å². The quantitative estimate of drug-likeness (QED) is 0.288. The maximum absolute atomic E-state index is 14.9. The van der Waals surface area contributed by atoms with Crippen molar-refractivity contribution in [3.8, 4) is 11.1 Å². The van der Waals surface area contributed by atoms with Gasteiger partial charge < -0.3 is 0 Å². The zero-order valence-electron chi connectivity index (χ0n) is 20.3. The molecule has 0 spiro atoms. The molecule has 0 radical (unpaired) electrons. The summed E-state index contributed by atoms with van der Waals surface area (Å²) in [6.45, 7) is 4.46. The number of aryl methyl sites for hydroxylation is 2. The highest BCUT2D eigenvalue weighted by atomic mass is 19.2. The fourth-order valence-electron chi connectivity index (χ4n) is 5.29. The highest BCUT2D eigenvalue weighted by molar-refractivity contribution is 5.65. The van der Waals surface area contributed by atoms with Gasteiger partial charge in [-0.3, -0.25) is 0 Å². The van der Waals surface area contributed by atoms with Gasteiger partial charge in [0.15, 0.2) is 11.6 Å². The highest BCUT2D eigenvalue weighted by Gasteiger charge is 2.22. The van der Waals surface area contributed by atoms with Crippen molar-refractivity contribution in [2.75, 3.05) is 0 Å². The van der Waals surface area contributed by atoms with Crippen LogP contribution in [-0.2, 0) is 12.8 Å². The van der Waals surface area contributed by atoms with Gasteiger partial charge in [-0.2, -0.15) is 0 Å². The highest BCUT2D eigenvalue weighted by Crippen LogP contribution is 2.35. The smallest absolute Gasteiger partial charge is 0.166 e. The Bertz CT molecular complexity index is 800. The van der Waals surface area contributed by atoms with Crippen LogP contribution < -0.4 is 0 Å². The van der Waals surface area contributed by atoms with Crippen LogP contribution >= 0.6 is 0 Å². The van der Waals surface area contributed by atoms with E-state index in [1.54, 1.807) is 12.1 Å². The normalized spacial score (nSPS) is 18.8. The van der Waals surface area contributed by atoms with Crippen LogP contribution in [0.4, 0.5) is 8.78 Å². The zero-order valence-corrected chi connectivity index (χ0v) is 20.3. The van der Waals surface area contributed by atoms with Gasteiger partial charge in [-0.05, 0) is 54.2 Å². The number of hydrogen-bond acceptors (Lipinski definition) is 0. The predicted molar refractivity (Wildman–Crippen MR) is 133 cm³/mol. The minimum Gasteiger partial charge on any atom is -0.203 e. The molecule has 0 bridgehead atoms. The van der Waals surface area contributed by atoms with Crippen LogP contribution in [-0.4, -0.2) is 0 Å². The molecule has 0 aliphatic heterocycles. The van der Waals surface area contributed by atoms with E-state index in [4.69, 9.17) is 0 Å². The van der Waals surface area contributed by atoms with Crippen molar-refractivity contribution < 1.29 is 8.78 Å². The number of rotatable bonds is 12. The Kier molecular flexibility index (Phi) is 10.2. The second-order valence-corrected chi connectivity index (χ2v) is 9.98. The third kappa shape index (κ3) is 7.15. The van der Waals surface area contributed by atoms with Crippen molar-refractivity contribution in [3.05, 3.63) is 59.2 Å². The summed E-state index contributed by atoms with van der Waals surface area (Å²) >= 11 is 0. The molecule has 2 heteroatoms. The molecule has 0 unspecified atom stereocenters. The average molecular weight is 441 g/mol. The third-order valence-electron chi connectivity index (χ3n) is 7.50. The minimum atomic E-state index is -0.694. The molecule has 0 aromatic heterocycles. The van der Waals surface area contributed by atoms with E-state index in [0.29, 0.717) is 23.5 Å². The van der Waals surface area contributed by atoms with Crippen molar-refractivity contribution in [1.82, 2.24) is 0 Å². The lowest BCUT2D eigenvalue weighted by atomic mass is 9.77. The first-order valence-corrected chi connectivity index (χ1v) is 13.2. The molecule has 1 fully saturated rings. The summed E-state index contributed by atoms with van der Waals surface area (Å²) in [5.74, 6) is 0.216. The molecule has 2 aromatic rings. The first kappa shape index (κ1) is 24.9. The second-order valence-electron chi connectivity index (χ2n) is 9.98.